The molecule has 1 aliphatic heterocycles. The lowest BCUT2D eigenvalue weighted by molar-refractivity contribution is 0.173. The van der Waals surface area contributed by atoms with Crippen molar-refractivity contribution in [3.8, 4) is 5.75 Å². The minimum absolute atomic E-state index is 0.0938. The number of nitrogens with two attached hydrogens (primary N) is 1. The SMILES string of the molecule is CCC1CCN(CC(N)c2ccc(OC(C)C)cc2)CC1. The van der Waals surface area contributed by atoms with Gasteiger partial charge in [-0.1, -0.05) is 25.5 Å². The van der Waals surface area contributed by atoms with E-state index in [2.05, 4.69) is 24.0 Å². The third-order valence-electron chi connectivity index (χ3n) is 4.42. The van der Waals surface area contributed by atoms with Crippen molar-refractivity contribution in [2.45, 2.75) is 52.2 Å². The van der Waals surface area contributed by atoms with Crippen LogP contribution in [0.15, 0.2) is 24.3 Å². The molecule has 2 rings (SSSR count). The molecule has 0 saturated carbocycles. The molecular formula is C18H30N2O. The summed E-state index contributed by atoms with van der Waals surface area (Å²) in [5, 5.41) is 0. The van der Waals surface area contributed by atoms with Crippen molar-refractivity contribution in [2.75, 3.05) is 19.6 Å². The lowest BCUT2D eigenvalue weighted by Crippen LogP contribution is -2.38. The topological polar surface area (TPSA) is 38.5 Å². The molecule has 1 unspecified atom stereocenters. The Morgan fingerprint density at radius 2 is 1.81 bits per heavy atom. The van der Waals surface area contributed by atoms with Gasteiger partial charge < -0.3 is 15.4 Å². The second kappa shape index (κ2) is 7.81. The first-order valence-corrected chi connectivity index (χ1v) is 8.33. The maximum Gasteiger partial charge on any atom is 0.119 e. The molecule has 1 aromatic carbocycles. The third-order valence-corrected chi connectivity index (χ3v) is 4.42. The smallest absolute Gasteiger partial charge is 0.119 e. The second-order valence-corrected chi connectivity index (χ2v) is 6.49. The van der Waals surface area contributed by atoms with Crippen LogP contribution in [-0.2, 0) is 0 Å². The van der Waals surface area contributed by atoms with Crippen molar-refractivity contribution in [3.05, 3.63) is 29.8 Å². The van der Waals surface area contributed by atoms with E-state index < -0.39 is 0 Å². The van der Waals surface area contributed by atoms with Crippen LogP contribution in [0.1, 0.15) is 51.6 Å². The van der Waals surface area contributed by atoms with E-state index in [0.29, 0.717) is 0 Å². The van der Waals surface area contributed by atoms with Crippen LogP contribution in [0.5, 0.6) is 5.75 Å². The molecule has 1 atom stereocenters. The van der Waals surface area contributed by atoms with Gasteiger partial charge in [0, 0.05) is 12.6 Å². The number of rotatable bonds is 6. The Labute approximate surface area is 129 Å². The minimum atomic E-state index is 0.0938. The highest BCUT2D eigenvalue weighted by molar-refractivity contribution is 5.29. The number of likely N-dealkylation sites (tertiary alicyclic amines) is 1. The van der Waals surface area contributed by atoms with Crippen LogP contribution in [0, 0.1) is 5.92 Å². The summed E-state index contributed by atoms with van der Waals surface area (Å²) in [7, 11) is 0. The zero-order valence-electron chi connectivity index (χ0n) is 13.7. The van der Waals surface area contributed by atoms with Crippen molar-refractivity contribution in [2.24, 2.45) is 11.7 Å². The normalized spacial score (nSPS) is 18.9. The van der Waals surface area contributed by atoms with E-state index in [1.807, 2.05) is 26.0 Å². The van der Waals surface area contributed by atoms with Crippen LogP contribution in [0.3, 0.4) is 0 Å². The van der Waals surface area contributed by atoms with Gasteiger partial charge in [-0.15, -0.1) is 0 Å². The molecule has 2 N–H and O–H groups in total. The quantitative estimate of drug-likeness (QED) is 0.870. The lowest BCUT2D eigenvalue weighted by Gasteiger charge is -2.33. The number of benzene rings is 1. The Morgan fingerprint density at radius 3 is 2.33 bits per heavy atom. The zero-order valence-corrected chi connectivity index (χ0v) is 13.7. The van der Waals surface area contributed by atoms with Crippen LogP contribution >= 0.6 is 0 Å². The van der Waals surface area contributed by atoms with Crippen LogP contribution in [0.4, 0.5) is 0 Å². The highest BCUT2D eigenvalue weighted by Gasteiger charge is 2.19. The van der Waals surface area contributed by atoms with Crippen LogP contribution in [-0.4, -0.2) is 30.6 Å². The summed E-state index contributed by atoms with van der Waals surface area (Å²) < 4.78 is 5.67. The first-order chi connectivity index (χ1) is 10.1. The number of hydrogen-bond donors (Lipinski definition) is 1. The fraction of sp³-hybridized carbons (Fsp3) is 0.667. The van der Waals surface area contributed by atoms with Crippen LogP contribution in [0.2, 0.25) is 0 Å². The van der Waals surface area contributed by atoms with E-state index in [1.54, 1.807) is 0 Å². The molecule has 3 nitrogen and oxygen atoms in total. The number of nitrogens with zero attached hydrogens (tertiary/aromatic N) is 1. The van der Waals surface area contributed by atoms with Gasteiger partial charge in [0.2, 0.25) is 0 Å². The van der Waals surface area contributed by atoms with Crippen LogP contribution in [0.25, 0.3) is 0 Å². The maximum atomic E-state index is 6.36. The van der Waals surface area contributed by atoms with E-state index in [0.717, 1.165) is 18.2 Å². The average molecular weight is 290 g/mol. The fourth-order valence-electron chi connectivity index (χ4n) is 3.03. The minimum Gasteiger partial charge on any atom is -0.491 e. The van der Waals surface area contributed by atoms with Crippen molar-refractivity contribution in [1.82, 2.24) is 4.90 Å². The van der Waals surface area contributed by atoms with Crippen molar-refractivity contribution in [1.29, 1.82) is 0 Å². The van der Waals surface area contributed by atoms with E-state index in [1.165, 1.54) is 37.9 Å². The van der Waals surface area contributed by atoms with Gasteiger partial charge in [-0.25, -0.2) is 0 Å². The molecule has 1 heterocycles. The number of ether oxygens (including phenoxy) is 1. The molecule has 1 aromatic rings. The molecule has 0 aromatic heterocycles. The van der Waals surface area contributed by atoms with Gasteiger partial charge in [-0.3, -0.25) is 0 Å². The summed E-state index contributed by atoms with van der Waals surface area (Å²) >= 11 is 0. The summed E-state index contributed by atoms with van der Waals surface area (Å²) in [4.78, 5) is 2.51. The molecule has 21 heavy (non-hydrogen) atoms. The summed E-state index contributed by atoms with van der Waals surface area (Å²) in [5.41, 5.74) is 7.56. The zero-order chi connectivity index (χ0) is 15.2. The monoisotopic (exact) mass is 290 g/mol. The molecule has 118 valence electrons. The first-order valence-electron chi connectivity index (χ1n) is 8.33. The van der Waals surface area contributed by atoms with E-state index >= 15 is 0 Å². The van der Waals surface area contributed by atoms with Crippen molar-refractivity contribution in [3.63, 3.8) is 0 Å². The molecule has 0 aliphatic carbocycles. The highest BCUT2D eigenvalue weighted by atomic mass is 16.5. The molecular weight excluding hydrogens is 260 g/mol. The standard InChI is InChI=1S/C18H30N2O/c1-4-15-9-11-20(12-10-15)13-18(19)16-5-7-17(8-6-16)21-14(2)3/h5-8,14-15,18H,4,9-13,19H2,1-3H3. The maximum absolute atomic E-state index is 6.36. The Morgan fingerprint density at radius 1 is 1.19 bits per heavy atom. The molecule has 1 fully saturated rings. The molecule has 3 heteroatoms. The Balaban J connectivity index is 1.84. The molecule has 0 bridgehead atoms. The van der Waals surface area contributed by atoms with E-state index in [9.17, 15) is 0 Å². The van der Waals surface area contributed by atoms with Gasteiger partial charge >= 0.3 is 0 Å². The van der Waals surface area contributed by atoms with Crippen molar-refractivity contribution < 1.29 is 4.74 Å². The van der Waals surface area contributed by atoms with Gasteiger partial charge in [0.25, 0.3) is 0 Å². The van der Waals surface area contributed by atoms with Gasteiger partial charge in [-0.2, -0.15) is 0 Å². The van der Waals surface area contributed by atoms with Gasteiger partial charge in [0.1, 0.15) is 5.75 Å². The Kier molecular flexibility index (Phi) is 6.07. The van der Waals surface area contributed by atoms with Gasteiger partial charge in [0.15, 0.2) is 0 Å². The van der Waals surface area contributed by atoms with E-state index in [4.69, 9.17) is 10.5 Å². The van der Waals surface area contributed by atoms with E-state index in [-0.39, 0.29) is 12.1 Å². The lowest BCUT2D eigenvalue weighted by atomic mass is 9.94. The fourth-order valence-corrected chi connectivity index (χ4v) is 3.03. The summed E-state index contributed by atoms with van der Waals surface area (Å²) in [6.07, 6.45) is 4.18. The third kappa shape index (κ3) is 5.01. The summed E-state index contributed by atoms with van der Waals surface area (Å²) in [5.74, 6) is 1.84. The number of piperidine rings is 1. The average Bonchev–Trinajstić information content (AvgIpc) is 2.48. The first kappa shape index (κ1) is 16.3. The molecule has 0 radical (unpaired) electrons. The highest BCUT2D eigenvalue weighted by Crippen LogP contribution is 2.23. The number of hydrogen-bond acceptors (Lipinski definition) is 3. The Hall–Kier alpha value is -1.06. The Bertz CT molecular complexity index is 408. The predicted octanol–water partition coefficient (Wildman–Crippen LogP) is 3.60. The predicted molar refractivity (Wildman–Crippen MR) is 88.6 cm³/mol. The summed E-state index contributed by atoms with van der Waals surface area (Å²) in [6, 6.07) is 8.34. The molecule has 1 saturated heterocycles. The van der Waals surface area contributed by atoms with Gasteiger partial charge in [-0.05, 0) is 63.4 Å². The second-order valence-electron chi connectivity index (χ2n) is 6.49. The molecule has 0 spiro atoms. The largest absolute Gasteiger partial charge is 0.491 e. The molecule has 0 amide bonds. The molecule has 1 aliphatic rings. The van der Waals surface area contributed by atoms with Crippen LogP contribution < -0.4 is 10.5 Å². The van der Waals surface area contributed by atoms with Crippen molar-refractivity contribution >= 4 is 0 Å². The van der Waals surface area contributed by atoms with Gasteiger partial charge in [0.05, 0.1) is 6.10 Å². The summed E-state index contributed by atoms with van der Waals surface area (Å²) in [6.45, 7) is 9.73.